The largest absolute Gasteiger partial charge is 0.508 e. The molecule has 4 N–H and O–H groups in total. The van der Waals surface area contributed by atoms with Crippen LogP contribution in [-0.4, -0.2) is 57.8 Å². The molecule has 0 fully saturated rings. The van der Waals surface area contributed by atoms with Crippen LogP contribution < -0.4 is 10.6 Å². The summed E-state index contributed by atoms with van der Waals surface area (Å²) in [5.74, 6) is -0.870. The summed E-state index contributed by atoms with van der Waals surface area (Å²) in [4.78, 5) is 42.6. The zero-order valence-corrected chi connectivity index (χ0v) is 25.8. The fourth-order valence-corrected chi connectivity index (χ4v) is 4.65. The highest BCUT2D eigenvalue weighted by molar-refractivity contribution is 5.92. The first-order valence-corrected chi connectivity index (χ1v) is 15.1. The Labute approximate surface area is 250 Å². The van der Waals surface area contributed by atoms with Gasteiger partial charge in [0.25, 0.3) is 0 Å². The average Bonchev–Trinajstić information content (AvgIpc) is 2.93. The van der Waals surface area contributed by atoms with Gasteiger partial charge >= 0.3 is 6.09 Å². The topological polar surface area (TPSA) is 128 Å². The lowest BCUT2D eigenvalue weighted by molar-refractivity contribution is -0.142. The van der Waals surface area contributed by atoms with Crippen molar-refractivity contribution in [2.45, 2.75) is 104 Å². The van der Waals surface area contributed by atoms with E-state index in [1.165, 1.54) is 23.1 Å². The summed E-state index contributed by atoms with van der Waals surface area (Å²) in [5.41, 5.74) is 0.235. The van der Waals surface area contributed by atoms with Crippen molar-refractivity contribution in [1.29, 1.82) is 0 Å². The lowest BCUT2D eigenvalue weighted by Gasteiger charge is -2.35. The van der Waals surface area contributed by atoms with Gasteiger partial charge in [0.2, 0.25) is 11.8 Å². The van der Waals surface area contributed by atoms with Gasteiger partial charge in [-0.2, -0.15) is 0 Å². The number of phenolic OH excluding ortho intramolecular Hbond substituents is 2. The molecule has 9 nitrogen and oxygen atoms in total. The lowest BCUT2D eigenvalue weighted by atomic mass is 9.99. The van der Waals surface area contributed by atoms with Crippen LogP contribution in [0.15, 0.2) is 48.5 Å². The van der Waals surface area contributed by atoms with E-state index in [9.17, 15) is 24.6 Å². The number of benzene rings is 2. The van der Waals surface area contributed by atoms with E-state index in [4.69, 9.17) is 4.74 Å². The number of nitrogens with one attached hydrogen (secondary N) is 2. The molecule has 232 valence electrons. The number of alkyl carbamates (subject to hydrolysis) is 1. The van der Waals surface area contributed by atoms with Gasteiger partial charge in [-0.25, -0.2) is 4.79 Å². The highest BCUT2D eigenvalue weighted by Gasteiger charge is 2.37. The molecule has 0 spiro atoms. The second-order valence-electron chi connectivity index (χ2n) is 11.6. The summed E-state index contributed by atoms with van der Waals surface area (Å²) < 4.78 is 5.48. The normalized spacial score (nSPS) is 12.7. The van der Waals surface area contributed by atoms with Crippen LogP contribution in [0.5, 0.6) is 11.5 Å². The van der Waals surface area contributed by atoms with Crippen molar-refractivity contribution in [2.24, 2.45) is 0 Å². The van der Waals surface area contributed by atoms with Crippen molar-refractivity contribution >= 4 is 17.9 Å². The third-order valence-electron chi connectivity index (χ3n) is 6.77. The summed E-state index contributed by atoms with van der Waals surface area (Å²) in [6.45, 7) is 10.1. The fourth-order valence-electron chi connectivity index (χ4n) is 4.65. The Morgan fingerprint density at radius 2 is 1.52 bits per heavy atom. The number of carbonyl (C=O) groups excluding carboxylic acids is 3. The van der Waals surface area contributed by atoms with Crippen LogP contribution in [0.3, 0.4) is 0 Å². The van der Waals surface area contributed by atoms with Crippen LogP contribution in [0.4, 0.5) is 4.79 Å². The van der Waals surface area contributed by atoms with Crippen molar-refractivity contribution < 1.29 is 29.3 Å². The minimum atomic E-state index is -1.11. The second-order valence-corrected chi connectivity index (χ2v) is 11.6. The number of para-hydroxylation sites is 1. The van der Waals surface area contributed by atoms with Crippen molar-refractivity contribution in [3.05, 3.63) is 59.7 Å². The van der Waals surface area contributed by atoms with Crippen LogP contribution in [0.25, 0.3) is 0 Å². The number of hydrogen-bond acceptors (Lipinski definition) is 6. The van der Waals surface area contributed by atoms with Crippen molar-refractivity contribution in [3.63, 3.8) is 0 Å². The predicted molar refractivity (Wildman–Crippen MR) is 164 cm³/mol. The number of nitrogens with zero attached hydrogens (tertiary/aromatic N) is 1. The number of carbonyl (C=O) groups is 3. The van der Waals surface area contributed by atoms with Gasteiger partial charge in [0.05, 0.1) is 0 Å². The number of rotatable bonds is 16. The molecule has 0 aliphatic heterocycles. The van der Waals surface area contributed by atoms with Gasteiger partial charge in [0.1, 0.15) is 29.2 Å². The second kappa shape index (κ2) is 17.3. The zero-order chi connectivity index (χ0) is 31.1. The highest BCUT2D eigenvalue weighted by Crippen LogP contribution is 2.30. The van der Waals surface area contributed by atoms with Gasteiger partial charge in [-0.1, -0.05) is 76.3 Å². The lowest BCUT2D eigenvalue weighted by Crippen LogP contribution is -2.54. The first-order chi connectivity index (χ1) is 20.0. The molecule has 2 atom stereocenters. The molecule has 2 aromatic rings. The third kappa shape index (κ3) is 11.6. The van der Waals surface area contributed by atoms with Gasteiger partial charge in [0, 0.05) is 25.1 Å². The average molecular weight is 584 g/mol. The van der Waals surface area contributed by atoms with Crippen molar-refractivity contribution in [3.8, 4) is 11.5 Å². The molecule has 3 amide bonds. The van der Waals surface area contributed by atoms with Gasteiger partial charge in [-0.15, -0.1) is 0 Å². The Morgan fingerprint density at radius 1 is 0.881 bits per heavy atom. The summed E-state index contributed by atoms with van der Waals surface area (Å²) in [7, 11) is 0. The van der Waals surface area contributed by atoms with Gasteiger partial charge in [0.15, 0.2) is 0 Å². The van der Waals surface area contributed by atoms with Crippen molar-refractivity contribution in [2.75, 3.05) is 13.1 Å². The van der Waals surface area contributed by atoms with Gasteiger partial charge in [-0.3, -0.25) is 9.59 Å². The van der Waals surface area contributed by atoms with E-state index in [-0.39, 0.29) is 24.5 Å². The molecule has 9 heteroatoms. The first-order valence-electron chi connectivity index (χ1n) is 15.1. The molecule has 2 aromatic carbocycles. The van der Waals surface area contributed by atoms with E-state index in [2.05, 4.69) is 24.5 Å². The standard InChI is InChI=1S/C33H49N3O6/c1-6-8-10-14-22-36(29(26-15-11-12-16-28(26)38)30(39)34-21-13-9-7-2)31(40)27(35-32(41)42-33(3,4)5)23-24-17-19-25(37)20-18-24/h11-12,15-20,27,29,37-38H,6-10,13-14,21-23H2,1-5H3,(H,34,39)(H,35,41). The van der Waals surface area contributed by atoms with Crippen LogP contribution in [0, 0.1) is 0 Å². The number of aromatic hydroxyl groups is 2. The predicted octanol–water partition coefficient (Wildman–Crippen LogP) is 5.99. The maximum atomic E-state index is 14.4. The Hall–Kier alpha value is -3.75. The number of unbranched alkanes of at least 4 members (excludes halogenated alkanes) is 5. The molecule has 2 unspecified atom stereocenters. The van der Waals surface area contributed by atoms with E-state index >= 15 is 0 Å². The summed E-state index contributed by atoms with van der Waals surface area (Å²) >= 11 is 0. The summed E-state index contributed by atoms with van der Waals surface area (Å²) in [6.07, 6.45) is 5.57. The third-order valence-corrected chi connectivity index (χ3v) is 6.77. The quantitative estimate of drug-likeness (QED) is 0.180. The molecule has 0 radical (unpaired) electrons. The smallest absolute Gasteiger partial charge is 0.408 e. The van der Waals surface area contributed by atoms with E-state index < -0.39 is 35.6 Å². The molecule has 0 heterocycles. The number of phenols is 2. The number of hydrogen-bond donors (Lipinski definition) is 4. The fraction of sp³-hybridized carbons (Fsp3) is 0.545. The zero-order valence-electron chi connectivity index (χ0n) is 25.8. The van der Waals surface area contributed by atoms with Gasteiger partial charge < -0.3 is 30.5 Å². The van der Waals surface area contributed by atoms with Crippen LogP contribution in [0.2, 0.25) is 0 Å². The minimum absolute atomic E-state index is 0.0821. The molecule has 0 saturated heterocycles. The number of amides is 3. The molecule has 0 bridgehead atoms. The van der Waals surface area contributed by atoms with Crippen molar-refractivity contribution in [1.82, 2.24) is 15.5 Å². The Bertz CT molecular complexity index is 1130. The monoisotopic (exact) mass is 583 g/mol. The van der Waals surface area contributed by atoms with Crippen LogP contribution in [0.1, 0.15) is 96.7 Å². The molecule has 2 rings (SSSR count). The van der Waals surface area contributed by atoms with Crippen LogP contribution >= 0.6 is 0 Å². The van der Waals surface area contributed by atoms with E-state index in [0.717, 1.165) is 38.5 Å². The van der Waals surface area contributed by atoms with E-state index in [1.54, 1.807) is 51.1 Å². The Morgan fingerprint density at radius 3 is 2.14 bits per heavy atom. The first kappa shape index (κ1) is 34.5. The van der Waals surface area contributed by atoms with E-state index in [1.807, 2.05) is 0 Å². The molecular weight excluding hydrogens is 534 g/mol. The molecule has 0 saturated carbocycles. The SMILES string of the molecule is CCCCCCN(C(=O)C(Cc1ccc(O)cc1)NC(=O)OC(C)(C)C)C(C(=O)NCCCCC)c1ccccc1O. The van der Waals surface area contributed by atoms with Crippen LogP contribution in [-0.2, 0) is 20.7 Å². The maximum absolute atomic E-state index is 14.4. The molecule has 0 aromatic heterocycles. The molecular formula is C33H49N3O6. The summed E-state index contributed by atoms with van der Waals surface area (Å²) in [5, 5.41) is 26.3. The summed E-state index contributed by atoms with van der Waals surface area (Å²) in [6, 6.07) is 10.7. The maximum Gasteiger partial charge on any atom is 0.408 e. The Balaban J connectivity index is 2.53. The molecule has 0 aliphatic carbocycles. The number of ether oxygens (including phenoxy) is 1. The van der Waals surface area contributed by atoms with Gasteiger partial charge in [-0.05, 0) is 57.4 Å². The highest BCUT2D eigenvalue weighted by atomic mass is 16.6. The Kier molecular flexibility index (Phi) is 14.2. The molecule has 0 aliphatic rings. The minimum Gasteiger partial charge on any atom is -0.508 e. The van der Waals surface area contributed by atoms with E-state index in [0.29, 0.717) is 24.1 Å². The molecule has 42 heavy (non-hydrogen) atoms.